The van der Waals surface area contributed by atoms with E-state index in [0.717, 1.165) is 93.2 Å². The van der Waals surface area contributed by atoms with Crippen LogP contribution in [0.4, 0.5) is 0 Å². The topological polar surface area (TPSA) is 26.3 Å². The first-order valence-corrected chi connectivity index (χ1v) is 16.7. The van der Waals surface area contributed by atoms with Crippen LogP contribution in [0.5, 0.6) is 0 Å². The summed E-state index contributed by atoms with van der Waals surface area (Å²) < 4.78 is 13.0. The Morgan fingerprint density at radius 2 is 0.804 bits per heavy atom. The quantitative estimate of drug-likeness (QED) is 0.159. The summed E-state index contributed by atoms with van der Waals surface area (Å²) in [5.74, 6) is 0. The molecule has 2 nitrogen and oxygen atoms in total. The molecule has 224 valence electrons. The largest absolute Gasteiger partial charge is 0.456 e. The standard InChI is InChI=1S/C44H21B5O2/c45-39-38(40(46)42(48)43(49)41(39)47)36-27-12-3-1-10-25(27)35(26-11-2-4-13-28(26)36)30-19-18-23(37-29-14-6-8-16-33(29)51-44(30)37)22-17-20-34-31(21-22)24-9-5-7-15-32(24)50-34/h1-21H. The van der Waals surface area contributed by atoms with Crippen molar-refractivity contribution in [1.29, 1.82) is 0 Å². The minimum atomic E-state index is 0.187. The first-order chi connectivity index (χ1) is 24.9. The second-order valence-electron chi connectivity index (χ2n) is 13.1. The molecule has 10 rings (SSSR count). The van der Waals surface area contributed by atoms with E-state index in [-0.39, 0.29) is 16.4 Å². The highest BCUT2D eigenvalue weighted by Gasteiger charge is 2.24. The molecular formula is C44H21B5O2. The Hall–Kier alpha value is -5.80. The van der Waals surface area contributed by atoms with Crippen molar-refractivity contribution in [2.45, 2.75) is 0 Å². The summed E-state index contributed by atoms with van der Waals surface area (Å²) in [4.78, 5) is 0. The van der Waals surface area contributed by atoms with Crippen LogP contribution in [0, 0.1) is 0 Å². The number of furan rings is 2. The van der Waals surface area contributed by atoms with Crippen molar-refractivity contribution in [3.05, 3.63) is 127 Å². The van der Waals surface area contributed by atoms with Gasteiger partial charge in [0.2, 0.25) is 0 Å². The Bertz CT molecular complexity index is 3010. The monoisotopic (exact) mass is 636 g/mol. The molecule has 10 radical (unpaired) electrons. The molecule has 51 heavy (non-hydrogen) atoms. The zero-order valence-corrected chi connectivity index (χ0v) is 27.3. The number of hydrogen-bond donors (Lipinski definition) is 0. The first-order valence-electron chi connectivity index (χ1n) is 16.7. The Morgan fingerprint density at radius 3 is 1.43 bits per heavy atom. The van der Waals surface area contributed by atoms with Gasteiger partial charge in [-0.2, -0.15) is 0 Å². The van der Waals surface area contributed by atoms with Crippen LogP contribution in [0.3, 0.4) is 0 Å². The molecule has 0 saturated heterocycles. The minimum Gasteiger partial charge on any atom is -0.456 e. The molecule has 10 aromatic rings. The van der Waals surface area contributed by atoms with E-state index in [9.17, 15) is 0 Å². The zero-order chi connectivity index (χ0) is 34.5. The molecule has 0 aliphatic rings. The van der Waals surface area contributed by atoms with Crippen LogP contribution in [0.1, 0.15) is 0 Å². The van der Waals surface area contributed by atoms with Crippen molar-refractivity contribution in [2.75, 3.05) is 0 Å². The Kier molecular flexibility index (Phi) is 6.55. The fourth-order valence-corrected chi connectivity index (χ4v) is 7.97. The molecule has 0 aliphatic heterocycles. The van der Waals surface area contributed by atoms with Crippen LogP contribution in [-0.2, 0) is 0 Å². The predicted octanol–water partition coefficient (Wildman–Crippen LogP) is 6.76. The molecule has 0 atom stereocenters. The van der Waals surface area contributed by atoms with Gasteiger partial charge in [-0.05, 0) is 74.1 Å². The van der Waals surface area contributed by atoms with Crippen LogP contribution < -0.4 is 27.3 Å². The van der Waals surface area contributed by atoms with Crippen molar-refractivity contribution in [3.63, 3.8) is 0 Å². The molecular weight excluding hydrogens is 615 g/mol. The number of para-hydroxylation sites is 2. The smallest absolute Gasteiger partial charge is 0.143 e. The number of benzene rings is 8. The second-order valence-corrected chi connectivity index (χ2v) is 13.1. The molecule has 2 aromatic heterocycles. The maximum Gasteiger partial charge on any atom is 0.143 e. The molecule has 0 bridgehead atoms. The number of fused-ring (bicyclic) bond motifs is 8. The van der Waals surface area contributed by atoms with Crippen molar-refractivity contribution in [2.24, 2.45) is 0 Å². The van der Waals surface area contributed by atoms with Crippen LogP contribution in [0.2, 0.25) is 0 Å². The van der Waals surface area contributed by atoms with E-state index in [1.54, 1.807) is 0 Å². The Balaban J connectivity index is 1.32. The normalized spacial score (nSPS) is 11.9. The molecule has 7 heteroatoms. The van der Waals surface area contributed by atoms with Crippen LogP contribution >= 0.6 is 0 Å². The van der Waals surface area contributed by atoms with Gasteiger partial charge in [-0.15, -0.1) is 16.4 Å². The lowest BCUT2D eigenvalue weighted by Crippen LogP contribution is -2.55. The fraction of sp³-hybridized carbons (Fsp3) is 0. The lowest BCUT2D eigenvalue weighted by molar-refractivity contribution is 0.669. The van der Waals surface area contributed by atoms with Gasteiger partial charge in [0.15, 0.2) is 0 Å². The van der Waals surface area contributed by atoms with Crippen LogP contribution in [0.25, 0.3) is 98.8 Å². The van der Waals surface area contributed by atoms with Crippen molar-refractivity contribution < 1.29 is 8.83 Å². The zero-order valence-electron chi connectivity index (χ0n) is 27.3. The summed E-state index contributed by atoms with van der Waals surface area (Å²) in [5.41, 5.74) is 10.1. The van der Waals surface area contributed by atoms with Crippen LogP contribution in [-0.4, -0.2) is 39.2 Å². The molecule has 0 amide bonds. The second kappa shape index (κ2) is 11.1. The summed E-state index contributed by atoms with van der Waals surface area (Å²) in [7, 11) is 32.4. The lowest BCUT2D eigenvalue weighted by Gasteiger charge is -2.25. The highest BCUT2D eigenvalue weighted by molar-refractivity contribution is 6.69. The maximum atomic E-state index is 6.83. The fourth-order valence-electron chi connectivity index (χ4n) is 7.97. The highest BCUT2D eigenvalue weighted by atomic mass is 16.3. The van der Waals surface area contributed by atoms with Gasteiger partial charge in [0.25, 0.3) is 0 Å². The molecule has 0 unspecified atom stereocenters. The molecule has 2 heterocycles. The summed E-state index contributed by atoms with van der Waals surface area (Å²) in [6.07, 6.45) is 0. The highest BCUT2D eigenvalue weighted by Crippen LogP contribution is 2.48. The molecule has 0 N–H and O–H groups in total. The minimum absolute atomic E-state index is 0.187. The third-order valence-electron chi connectivity index (χ3n) is 10.4. The SMILES string of the molecule is [B]c1c([B])c([B])c(-c2c3ccccc3c(-c3ccc(-c4ccc5oc6ccccc6c5c4)c4c3oc3ccccc34)c3ccccc23)c([B])c1[B]. The van der Waals surface area contributed by atoms with E-state index in [0.29, 0.717) is 16.5 Å². The van der Waals surface area contributed by atoms with Gasteiger partial charge < -0.3 is 8.83 Å². The van der Waals surface area contributed by atoms with E-state index < -0.39 is 0 Å². The maximum absolute atomic E-state index is 6.83. The molecule has 0 fully saturated rings. The number of rotatable bonds is 3. The third kappa shape index (κ3) is 4.24. The van der Waals surface area contributed by atoms with Gasteiger partial charge >= 0.3 is 0 Å². The lowest BCUT2D eigenvalue weighted by atomic mass is 9.59. The summed E-state index contributed by atoms with van der Waals surface area (Å²) in [6.45, 7) is 0. The summed E-state index contributed by atoms with van der Waals surface area (Å²) in [5, 5.41) is 8.13. The van der Waals surface area contributed by atoms with Crippen molar-refractivity contribution in [3.8, 4) is 33.4 Å². The van der Waals surface area contributed by atoms with E-state index in [2.05, 4.69) is 72.8 Å². The third-order valence-corrected chi connectivity index (χ3v) is 10.4. The van der Waals surface area contributed by atoms with E-state index in [1.165, 1.54) is 0 Å². The van der Waals surface area contributed by atoms with Crippen molar-refractivity contribution in [1.82, 2.24) is 0 Å². The van der Waals surface area contributed by atoms with E-state index in [4.69, 9.17) is 48.1 Å². The van der Waals surface area contributed by atoms with Crippen LogP contribution in [0.15, 0.2) is 136 Å². The molecule has 0 saturated carbocycles. The number of hydrogen-bond acceptors (Lipinski definition) is 2. The van der Waals surface area contributed by atoms with Crippen molar-refractivity contribution >= 4 is 132 Å². The van der Waals surface area contributed by atoms with Gasteiger partial charge in [0.1, 0.15) is 61.6 Å². The van der Waals surface area contributed by atoms with E-state index >= 15 is 0 Å². The first kappa shape index (κ1) is 30.1. The molecule has 0 aliphatic carbocycles. The molecule has 8 aromatic carbocycles. The molecule has 0 spiro atoms. The average Bonchev–Trinajstić information content (AvgIpc) is 3.75. The van der Waals surface area contributed by atoms with Gasteiger partial charge in [0.05, 0.1) is 0 Å². The Morgan fingerprint density at radius 1 is 0.333 bits per heavy atom. The van der Waals surface area contributed by atoms with Gasteiger partial charge in [-0.3, -0.25) is 0 Å². The van der Waals surface area contributed by atoms with Gasteiger partial charge in [0, 0.05) is 32.7 Å². The summed E-state index contributed by atoms with van der Waals surface area (Å²) >= 11 is 0. The van der Waals surface area contributed by atoms with Gasteiger partial charge in [-0.1, -0.05) is 108 Å². The Labute approximate surface area is 300 Å². The van der Waals surface area contributed by atoms with E-state index in [1.807, 2.05) is 54.6 Å². The van der Waals surface area contributed by atoms with Gasteiger partial charge in [-0.25, -0.2) is 0 Å². The summed E-state index contributed by atoms with van der Waals surface area (Å²) in [6, 6.07) is 43.6. The predicted molar refractivity (Wildman–Crippen MR) is 219 cm³/mol. The average molecular weight is 636 g/mol.